The Morgan fingerprint density at radius 2 is 1.52 bits per heavy atom. The number of aromatic hydroxyl groups is 1. The predicted molar refractivity (Wildman–Crippen MR) is 141 cm³/mol. The van der Waals surface area contributed by atoms with Crippen LogP contribution in [0.2, 0.25) is 15.1 Å². The number of benzene rings is 2. The molecule has 0 heterocycles. The van der Waals surface area contributed by atoms with Crippen LogP contribution in [-0.4, -0.2) is 60.5 Å². The van der Waals surface area contributed by atoms with E-state index in [1.807, 2.05) is 0 Å². The van der Waals surface area contributed by atoms with Gasteiger partial charge in [0.1, 0.15) is 10.9 Å². The number of urea groups is 1. The number of carbonyl (C=O) groups excluding carboxylic acids is 1. The fraction of sp³-hybridized carbons (Fsp3) is 0.286. The number of sulfonamides is 1. The summed E-state index contributed by atoms with van der Waals surface area (Å²) >= 11 is 17.9. The molecule has 0 spiro atoms. The molecule has 0 aliphatic carbocycles. The summed E-state index contributed by atoms with van der Waals surface area (Å²) in [6.07, 6.45) is -4.24. The summed E-state index contributed by atoms with van der Waals surface area (Å²) in [6.45, 7) is -0.0458. The highest BCUT2D eigenvalue weighted by molar-refractivity contribution is 7.89. The van der Waals surface area contributed by atoms with Gasteiger partial charge in [0, 0.05) is 6.54 Å². The molecule has 222 valence electrons. The van der Waals surface area contributed by atoms with Gasteiger partial charge < -0.3 is 31.7 Å². The van der Waals surface area contributed by atoms with Crippen LogP contribution in [0, 0.1) is 0 Å². The highest BCUT2D eigenvalue weighted by Gasteiger charge is 2.38. The number of rotatable bonds is 10. The van der Waals surface area contributed by atoms with Crippen LogP contribution in [0.3, 0.4) is 0 Å². The molecule has 0 bridgehead atoms. The van der Waals surface area contributed by atoms with Crippen molar-refractivity contribution in [2.75, 3.05) is 17.2 Å². The number of unbranched alkanes of at least 4 members (excludes halogenated alkanes) is 1. The lowest BCUT2D eigenvalue weighted by Gasteiger charge is -2.15. The SMILES string of the molecule is NC(CCCCNS(=O)(=O)c1c(Cl)ccc(NC(=O)Nc2cccc(Cl)c2Cl)c1O)C(=O)O.O=C(O)C(F)(F)F. The Balaban J connectivity index is 0.00000101. The molecule has 0 saturated heterocycles. The Morgan fingerprint density at radius 3 is 2.08 bits per heavy atom. The summed E-state index contributed by atoms with van der Waals surface area (Å²) in [5.41, 5.74) is 5.38. The lowest BCUT2D eigenvalue weighted by atomic mass is 10.1. The number of phenols is 1. The third-order valence-electron chi connectivity index (χ3n) is 4.59. The van der Waals surface area contributed by atoms with Crippen molar-refractivity contribution in [1.82, 2.24) is 4.72 Å². The number of hydrogen-bond donors (Lipinski definition) is 7. The van der Waals surface area contributed by atoms with Crippen LogP contribution in [-0.2, 0) is 19.6 Å². The first-order valence-corrected chi connectivity index (χ1v) is 13.3. The van der Waals surface area contributed by atoms with Crippen molar-refractivity contribution in [3.05, 3.63) is 45.4 Å². The zero-order valence-corrected chi connectivity index (χ0v) is 23.0. The normalized spacial score (nSPS) is 12.1. The second-order valence-electron chi connectivity index (χ2n) is 7.59. The molecule has 2 rings (SSSR count). The van der Waals surface area contributed by atoms with E-state index < -0.39 is 50.9 Å². The molecule has 40 heavy (non-hydrogen) atoms. The maximum absolute atomic E-state index is 12.7. The number of phenolic OH excluding ortho intramolecular Hbond substituents is 1. The third kappa shape index (κ3) is 10.9. The van der Waals surface area contributed by atoms with Gasteiger partial charge in [-0.3, -0.25) is 4.79 Å². The first-order valence-electron chi connectivity index (χ1n) is 10.7. The summed E-state index contributed by atoms with van der Waals surface area (Å²) in [6, 6.07) is 5.17. The number of amides is 2. The Hall–Kier alpha value is -3.02. The van der Waals surface area contributed by atoms with Crippen LogP contribution in [0.1, 0.15) is 19.3 Å². The van der Waals surface area contributed by atoms with Crippen LogP contribution < -0.4 is 21.1 Å². The highest BCUT2D eigenvalue weighted by Crippen LogP contribution is 2.37. The van der Waals surface area contributed by atoms with Crippen molar-refractivity contribution in [1.29, 1.82) is 0 Å². The van der Waals surface area contributed by atoms with E-state index >= 15 is 0 Å². The van der Waals surface area contributed by atoms with Gasteiger partial charge in [0.15, 0.2) is 5.75 Å². The minimum absolute atomic E-state index is 0.0458. The summed E-state index contributed by atoms with van der Waals surface area (Å²) in [5.74, 6) is -4.67. The number of carboxylic acids is 2. The first kappa shape index (κ1) is 35.0. The lowest BCUT2D eigenvalue weighted by molar-refractivity contribution is -0.192. The minimum Gasteiger partial charge on any atom is -0.504 e. The van der Waals surface area contributed by atoms with Crippen molar-refractivity contribution in [2.24, 2.45) is 5.73 Å². The lowest BCUT2D eigenvalue weighted by Crippen LogP contribution is -2.30. The fourth-order valence-electron chi connectivity index (χ4n) is 2.67. The second-order valence-corrected chi connectivity index (χ2v) is 10.5. The zero-order chi connectivity index (χ0) is 30.8. The van der Waals surface area contributed by atoms with Crippen molar-refractivity contribution in [3.63, 3.8) is 0 Å². The van der Waals surface area contributed by atoms with Crippen LogP contribution >= 0.6 is 34.8 Å². The number of aliphatic carboxylic acids is 2. The Labute approximate surface area is 240 Å². The topological polar surface area (TPSA) is 208 Å². The number of nitrogens with two attached hydrogens (primary N) is 1. The van der Waals surface area contributed by atoms with E-state index in [1.165, 1.54) is 24.3 Å². The van der Waals surface area contributed by atoms with E-state index in [2.05, 4.69) is 15.4 Å². The molecule has 0 aromatic heterocycles. The van der Waals surface area contributed by atoms with Crippen molar-refractivity contribution < 1.29 is 51.3 Å². The molecule has 1 atom stereocenters. The van der Waals surface area contributed by atoms with E-state index in [9.17, 15) is 36.3 Å². The van der Waals surface area contributed by atoms with Gasteiger partial charge in [0.25, 0.3) is 0 Å². The van der Waals surface area contributed by atoms with Crippen molar-refractivity contribution in [2.45, 2.75) is 36.4 Å². The highest BCUT2D eigenvalue weighted by atomic mass is 35.5. The van der Waals surface area contributed by atoms with Crippen molar-refractivity contribution >= 4 is 74.2 Å². The van der Waals surface area contributed by atoms with Crippen LogP contribution in [0.15, 0.2) is 35.2 Å². The van der Waals surface area contributed by atoms with Crippen LogP contribution in [0.5, 0.6) is 5.75 Å². The molecule has 0 saturated carbocycles. The minimum atomic E-state index is -5.08. The standard InChI is InChI=1S/C19H21Cl3N4O6S.C2HF3O2/c20-10-4-3-6-13(15(10)22)25-19(30)26-14-8-7-11(21)17(16(14)27)33(31,32)24-9-2-1-5-12(23)18(28)29;3-2(4,5)1(6)7/h3-4,6-8,12,24,27H,1-2,5,9,23H2,(H,28,29)(H2,25,26,30);(H,6,7). The van der Waals surface area contributed by atoms with E-state index in [0.717, 1.165) is 0 Å². The van der Waals surface area contributed by atoms with Gasteiger partial charge in [-0.1, -0.05) is 47.3 Å². The quantitative estimate of drug-likeness (QED) is 0.142. The maximum Gasteiger partial charge on any atom is 0.490 e. The monoisotopic (exact) mass is 652 g/mol. The van der Waals surface area contributed by atoms with Crippen LogP contribution in [0.25, 0.3) is 0 Å². The number of halogens is 6. The smallest absolute Gasteiger partial charge is 0.490 e. The largest absolute Gasteiger partial charge is 0.504 e. The van der Waals surface area contributed by atoms with Gasteiger partial charge in [-0.2, -0.15) is 13.2 Å². The summed E-state index contributed by atoms with van der Waals surface area (Å²) in [7, 11) is -4.26. The van der Waals surface area contributed by atoms with Crippen molar-refractivity contribution in [3.8, 4) is 5.75 Å². The number of carbonyl (C=O) groups is 3. The molecule has 0 aliphatic heterocycles. The van der Waals surface area contributed by atoms with Gasteiger partial charge in [-0.15, -0.1) is 0 Å². The molecule has 19 heteroatoms. The Bertz CT molecular complexity index is 1350. The van der Waals surface area contributed by atoms with E-state index in [1.54, 1.807) is 6.07 Å². The average molecular weight is 654 g/mol. The number of carboxylic acid groups (broad SMARTS) is 2. The maximum atomic E-state index is 12.7. The summed E-state index contributed by atoms with van der Waals surface area (Å²) < 4.78 is 59.3. The average Bonchev–Trinajstić information content (AvgIpc) is 2.83. The molecule has 0 fully saturated rings. The molecule has 2 amide bonds. The number of hydrogen-bond acceptors (Lipinski definition) is 7. The molecule has 2 aromatic rings. The van der Waals surface area contributed by atoms with Gasteiger partial charge in [-0.25, -0.2) is 22.7 Å². The molecule has 8 N–H and O–H groups in total. The van der Waals surface area contributed by atoms with Gasteiger partial charge in [-0.05, 0) is 37.1 Å². The van der Waals surface area contributed by atoms with Gasteiger partial charge in [0.2, 0.25) is 10.0 Å². The molecule has 1 unspecified atom stereocenters. The van der Waals surface area contributed by atoms with E-state index in [-0.39, 0.29) is 39.4 Å². The molecular formula is C21H22Cl3F3N4O8S. The molecule has 12 nitrogen and oxygen atoms in total. The molecule has 2 aromatic carbocycles. The third-order valence-corrected chi connectivity index (χ3v) is 7.37. The molecular weight excluding hydrogens is 632 g/mol. The van der Waals surface area contributed by atoms with E-state index in [4.69, 9.17) is 55.5 Å². The Morgan fingerprint density at radius 1 is 0.950 bits per heavy atom. The summed E-state index contributed by atoms with van der Waals surface area (Å²) in [5, 5.41) is 31.2. The van der Waals surface area contributed by atoms with Gasteiger partial charge >= 0.3 is 24.1 Å². The molecule has 0 aliphatic rings. The fourth-order valence-corrected chi connectivity index (χ4v) is 4.72. The number of anilines is 2. The zero-order valence-electron chi connectivity index (χ0n) is 19.9. The van der Waals surface area contributed by atoms with E-state index in [0.29, 0.717) is 12.8 Å². The number of nitrogens with one attached hydrogen (secondary N) is 3. The number of alkyl halides is 3. The Kier molecular flexibility index (Phi) is 13.2. The summed E-state index contributed by atoms with van der Waals surface area (Å²) in [4.78, 5) is 31.3. The second kappa shape index (κ2) is 15.1. The van der Waals surface area contributed by atoms with Gasteiger partial charge in [0.05, 0.1) is 26.4 Å². The first-order chi connectivity index (χ1) is 18.4. The molecule has 0 radical (unpaired) electrons. The predicted octanol–water partition coefficient (Wildman–Crippen LogP) is 4.49. The van der Waals surface area contributed by atoms with Crippen LogP contribution in [0.4, 0.5) is 29.3 Å².